The molecule has 0 heterocycles. The van der Waals surface area contributed by atoms with Gasteiger partial charge in [-0.2, -0.15) is 0 Å². The number of hydrogen-bond acceptors (Lipinski definition) is 4. The number of amides is 1. The number of carbonyl (C=O) groups excluding carboxylic acids is 2. The summed E-state index contributed by atoms with van der Waals surface area (Å²) in [5.41, 5.74) is 1.74. The van der Waals surface area contributed by atoms with E-state index in [1.54, 1.807) is 24.3 Å². The lowest BCUT2D eigenvalue weighted by molar-refractivity contribution is -0.149. The molecule has 1 amide bonds. The molecule has 0 radical (unpaired) electrons. The number of carbonyl (C=O) groups is 2. The van der Waals surface area contributed by atoms with Crippen LogP contribution in [0.1, 0.15) is 25.3 Å². The number of halogens is 1. The minimum atomic E-state index is -0.632. The zero-order chi connectivity index (χ0) is 18.2. The van der Waals surface area contributed by atoms with Crippen molar-refractivity contribution in [2.75, 3.05) is 18.5 Å². The van der Waals surface area contributed by atoms with Gasteiger partial charge in [-0.3, -0.25) is 4.79 Å². The van der Waals surface area contributed by atoms with E-state index in [0.29, 0.717) is 16.5 Å². The van der Waals surface area contributed by atoms with Gasteiger partial charge in [-0.25, -0.2) is 4.79 Å². The van der Waals surface area contributed by atoms with Crippen molar-refractivity contribution in [1.29, 1.82) is 0 Å². The van der Waals surface area contributed by atoms with Crippen molar-refractivity contribution in [3.8, 4) is 5.75 Å². The standard InChI is InChI=1S/C19H20ClNO4/c1-13(2)16-8-3-4-9-17(16)21-18(22)11-25-19(23)12-24-15-7-5-6-14(20)10-15/h3-10,13H,11-12H2,1-2H3,(H,21,22). The number of hydrogen-bond donors (Lipinski definition) is 1. The van der Waals surface area contributed by atoms with Gasteiger partial charge in [0.2, 0.25) is 0 Å². The quantitative estimate of drug-likeness (QED) is 0.756. The molecular formula is C19H20ClNO4. The van der Waals surface area contributed by atoms with Gasteiger partial charge < -0.3 is 14.8 Å². The first-order valence-electron chi connectivity index (χ1n) is 7.88. The largest absolute Gasteiger partial charge is 0.482 e. The van der Waals surface area contributed by atoms with Gasteiger partial charge in [0.05, 0.1) is 0 Å². The third-order valence-corrected chi connectivity index (χ3v) is 3.61. The fourth-order valence-corrected chi connectivity index (χ4v) is 2.37. The smallest absolute Gasteiger partial charge is 0.344 e. The first kappa shape index (κ1) is 18.8. The molecule has 5 nitrogen and oxygen atoms in total. The Labute approximate surface area is 151 Å². The van der Waals surface area contributed by atoms with Crippen molar-refractivity contribution in [1.82, 2.24) is 0 Å². The van der Waals surface area contributed by atoms with Crippen molar-refractivity contribution in [2.24, 2.45) is 0 Å². The highest BCUT2D eigenvalue weighted by atomic mass is 35.5. The van der Waals surface area contributed by atoms with Crippen molar-refractivity contribution in [3.05, 3.63) is 59.1 Å². The van der Waals surface area contributed by atoms with Crippen LogP contribution in [-0.2, 0) is 14.3 Å². The molecule has 6 heteroatoms. The van der Waals surface area contributed by atoms with E-state index in [1.807, 2.05) is 38.1 Å². The van der Waals surface area contributed by atoms with Gasteiger partial charge in [-0.1, -0.05) is 49.7 Å². The Kier molecular flexibility index (Phi) is 6.83. The molecule has 0 aliphatic heterocycles. The second kappa shape index (κ2) is 9.08. The summed E-state index contributed by atoms with van der Waals surface area (Å²) >= 11 is 5.83. The fraction of sp³-hybridized carbons (Fsp3) is 0.263. The molecule has 0 spiro atoms. The van der Waals surface area contributed by atoms with E-state index >= 15 is 0 Å². The van der Waals surface area contributed by atoms with Gasteiger partial charge in [0.1, 0.15) is 5.75 Å². The molecule has 25 heavy (non-hydrogen) atoms. The molecule has 2 rings (SSSR count). The summed E-state index contributed by atoms with van der Waals surface area (Å²) < 4.78 is 10.2. The second-order valence-electron chi connectivity index (χ2n) is 5.70. The van der Waals surface area contributed by atoms with Crippen LogP contribution in [0.15, 0.2) is 48.5 Å². The van der Waals surface area contributed by atoms with Crippen LogP contribution in [0.4, 0.5) is 5.69 Å². The number of rotatable bonds is 7. The van der Waals surface area contributed by atoms with E-state index in [9.17, 15) is 9.59 Å². The van der Waals surface area contributed by atoms with Gasteiger partial charge in [-0.15, -0.1) is 0 Å². The van der Waals surface area contributed by atoms with Crippen LogP contribution in [0.2, 0.25) is 5.02 Å². The van der Waals surface area contributed by atoms with Crippen LogP contribution in [0.5, 0.6) is 5.75 Å². The van der Waals surface area contributed by atoms with Crippen LogP contribution < -0.4 is 10.1 Å². The molecule has 0 unspecified atom stereocenters. The summed E-state index contributed by atoms with van der Waals surface area (Å²) in [4.78, 5) is 23.6. The number of ether oxygens (including phenoxy) is 2. The highest BCUT2D eigenvalue weighted by Crippen LogP contribution is 2.23. The zero-order valence-electron chi connectivity index (χ0n) is 14.1. The summed E-state index contributed by atoms with van der Waals surface area (Å²) in [6.07, 6.45) is 0. The van der Waals surface area contributed by atoms with E-state index < -0.39 is 11.9 Å². The van der Waals surface area contributed by atoms with Gasteiger partial charge in [0.25, 0.3) is 5.91 Å². The first-order valence-corrected chi connectivity index (χ1v) is 8.26. The molecule has 0 saturated carbocycles. The summed E-state index contributed by atoms with van der Waals surface area (Å²) in [6, 6.07) is 14.2. The molecule has 2 aromatic carbocycles. The molecule has 0 saturated heterocycles. The first-order chi connectivity index (χ1) is 12.0. The summed E-state index contributed by atoms with van der Waals surface area (Å²) in [6.45, 7) is 3.41. The third-order valence-electron chi connectivity index (χ3n) is 3.37. The summed E-state index contributed by atoms with van der Waals surface area (Å²) in [5.74, 6) is -0.304. The van der Waals surface area contributed by atoms with Crippen LogP contribution in [0.3, 0.4) is 0 Å². The Morgan fingerprint density at radius 1 is 1.08 bits per heavy atom. The maximum absolute atomic E-state index is 12.0. The Balaban J connectivity index is 1.79. The van der Waals surface area contributed by atoms with Crippen LogP contribution >= 0.6 is 11.6 Å². The minimum Gasteiger partial charge on any atom is -0.482 e. The predicted molar refractivity (Wildman–Crippen MR) is 97.1 cm³/mol. The average Bonchev–Trinajstić information content (AvgIpc) is 2.58. The molecule has 2 aromatic rings. The van der Waals surface area contributed by atoms with E-state index in [1.165, 1.54) is 0 Å². The van der Waals surface area contributed by atoms with Crippen LogP contribution in [-0.4, -0.2) is 25.1 Å². The molecule has 1 N–H and O–H groups in total. The lowest BCUT2D eigenvalue weighted by Gasteiger charge is -2.13. The summed E-state index contributed by atoms with van der Waals surface area (Å²) in [5, 5.41) is 3.26. The molecule has 0 atom stereocenters. The van der Waals surface area contributed by atoms with Gasteiger partial charge in [0.15, 0.2) is 13.2 Å². The average molecular weight is 362 g/mol. The topological polar surface area (TPSA) is 64.6 Å². The van der Waals surface area contributed by atoms with Crippen molar-refractivity contribution >= 4 is 29.2 Å². The maximum Gasteiger partial charge on any atom is 0.344 e. The summed E-state index contributed by atoms with van der Waals surface area (Å²) in [7, 11) is 0. The minimum absolute atomic E-state index is 0.269. The Morgan fingerprint density at radius 3 is 2.56 bits per heavy atom. The Bertz CT molecular complexity index is 746. The van der Waals surface area contributed by atoms with Gasteiger partial charge >= 0.3 is 5.97 Å². The number of anilines is 1. The van der Waals surface area contributed by atoms with Gasteiger partial charge in [0, 0.05) is 10.7 Å². The van der Waals surface area contributed by atoms with Crippen LogP contribution in [0, 0.1) is 0 Å². The van der Waals surface area contributed by atoms with Crippen molar-refractivity contribution in [2.45, 2.75) is 19.8 Å². The molecule has 0 fully saturated rings. The lowest BCUT2D eigenvalue weighted by atomic mass is 10.0. The van der Waals surface area contributed by atoms with Crippen molar-refractivity contribution < 1.29 is 19.1 Å². The second-order valence-corrected chi connectivity index (χ2v) is 6.13. The normalized spacial score (nSPS) is 10.4. The maximum atomic E-state index is 12.0. The number of esters is 1. The number of nitrogens with one attached hydrogen (secondary N) is 1. The molecule has 0 aliphatic carbocycles. The Hall–Kier alpha value is -2.53. The number of para-hydroxylation sites is 1. The monoisotopic (exact) mass is 361 g/mol. The highest BCUT2D eigenvalue weighted by molar-refractivity contribution is 6.30. The fourth-order valence-electron chi connectivity index (χ4n) is 2.19. The number of benzene rings is 2. The van der Waals surface area contributed by atoms with E-state index in [-0.39, 0.29) is 19.1 Å². The Morgan fingerprint density at radius 2 is 1.84 bits per heavy atom. The van der Waals surface area contributed by atoms with E-state index in [2.05, 4.69) is 5.32 Å². The molecule has 0 bridgehead atoms. The lowest BCUT2D eigenvalue weighted by Crippen LogP contribution is -2.24. The molecule has 0 aromatic heterocycles. The van der Waals surface area contributed by atoms with E-state index in [0.717, 1.165) is 5.56 Å². The van der Waals surface area contributed by atoms with E-state index in [4.69, 9.17) is 21.1 Å². The molecule has 0 aliphatic rings. The zero-order valence-corrected chi connectivity index (χ0v) is 14.9. The molecular weight excluding hydrogens is 342 g/mol. The van der Waals surface area contributed by atoms with Crippen molar-refractivity contribution in [3.63, 3.8) is 0 Å². The highest BCUT2D eigenvalue weighted by Gasteiger charge is 2.12. The third kappa shape index (κ3) is 6.12. The van der Waals surface area contributed by atoms with Crippen LogP contribution in [0.25, 0.3) is 0 Å². The SMILES string of the molecule is CC(C)c1ccccc1NC(=O)COC(=O)COc1cccc(Cl)c1. The predicted octanol–water partition coefficient (Wildman–Crippen LogP) is 4.02. The molecule has 132 valence electrons. The van der Waals surface area contributed by atoms with Gasteiger partial charge in [-0.05, 0) is 35.7 Å².